The van der Waals surface area contributed by atoms with Crippen molar-refractivity contribution in [2.24, 2.45) is 5.92 Å². The number of aryl methyl sites for hydroxylation is 2. The molecule has 1 fully saturated rings. The zero-order valence-corrected chi connectivity index (χ0v) is 11.3. The summed E-state index contributed by atoms with van der Waals surface area (Å²) in [4.78, 5) is 2.52. The summed E-state index contributed by atoms with van der Waals surface area (Å²) in [5.41, 5.74) is 4.18. The summed E-state index contributed by atoms with van der Waals surface area (Å²) in [5.74, 6) is 0.816. The molecule has 1 N–H and O–H groups in total. The fraction of sp³-hybridized carbons (Fsp3) is 0.600. The molecule has 0 aromatic heterocycles. The smallest absolute Gasteiger partial charge is 0.0369 e. The van der Waals surface area contributed by atoms with Crippen LogP contribution in [0.25, 0.3) is 0 Å². The van der Waals surface area contributed by atoms with Crippen LogP contribution in [0.5, 0.6) is 0 Å². The first-order valence-electron chi connectivity index (χ1n) is 6.73. The van der Waals surface area contributed by atoms with Gasteiger partial charge in [-0.25, -0.2) is 0 Å². The summed E-state index contributed by atoms with van der Waals surface area (Å²) in [7, 11) is 0. The number of nitrogens with one attached hydrogen (secondary N) is 1. The number of benzene rings is 1. The van der Waals surface area contributed by atoms with Gasteiger partial charge in [0.15, 0.2) is 0 Å². The van der Waals surface area contributed by atoms with Gasteiger partial charge < -0.3 is 10.2 Å². The van der Waals surface area contributed by atoms with E-state index in [4.69, 9.17) is 0 Å². The Balaban J connectivity index is 1.97. The molecule has 1 aromatic rings. The van der Waals surface area contributed by atoms with Crippen LogP contribution in [-0.4, -0.2) is 26.2 Å². The van der Waals surface area contributed by atoms with Gasteiger partial charge in [-0.3, -0.25) is 0 Å². The molecule has 0 saturated carbocycles. The Morgan fingerprint density at radius 1 is 1.29 bits per heavy atom. The molecule has 94 valence electrons. The van der Waals surface area contributed by atoms with Gasteiger partial charge in [0.2, 0.25) is 0 Å². The predicted octanol–water partition coefficient (Wildman–Crippen LogP) is 2.74. The molecule has 0 aliphatic carbocycles. The SMILES string of the molecule is CCNCC1CCN(c2ccc(C)c(C)c2)C1. The third kappa shape index (κ3) is 3.01. The van der Waals surface area contributed by atoms with Crippen molar-refractivity contribution in [3.63, 3.8) is 0 Å². The molecule has 0 bridgehead atoms. The molecule has 2 heteroatoms. The molecular weight excluding hydrogens is 208 g/mol. The van der Waals surface area contributed by atoms with Crippen LogP contribution in [0.1, 0.15) is 24.5 Å². The Labute approximate surface area is 105 Å². The second-order valence-electron chi connectivity index (χ2n) is 5.18. The van der Waals surface area contributed by atoms with E-state index in [9.17, 15) is 0 Å². The topological polar surface area (TPSA) is 15.3 Å². The predicted molar refractivity (Wildman–Crippen MR) is 74.8 cm³/mol. The molecule has 1 aromatic carbocycles. The maximum absolute atomic E-state index is 3.46. The van der Waals surface area contributed by atoms with Gasteiger partial charge in [-0.05, 0) is 62.5 Å². The number of rotatable bonds is 4. The van der Waals surface area contributed by atoms with Gasteiger partial charge in [0.1, 0.15) is 0 Å². The average Bonchev–Trinajstić information content (AvgIpc) is 2.79. The maximum Gasteiger partial charge on any atom is 0.0369 e. The standard InChI is InChI=1S/C15H24N2/c1-4-16-10-14-7-8-17(11-14)15-6-5-12(2)13(3)9-15/h5-6,9,14,16H,4,7-8,10-11H2,1-3H3. The molecule has 1 atom stereocenters. The fourth-order valence-corrected chi connectivity index (χ4v) is 2.50. The molecule has 1 aliphatic heterocycles. The third-order valence-corrected chi connectivity index (χ3v) is 3.82. The lowest BCUT2D eigenvalue weighted by molar-refractivity contribution is 0.528. The van der Waals surface area contributed by atoms with Gasteiger partial charge in [0.05, 0.1) is 0 Å². The van der Waals surface area contributed by atoms with Crippen LogP contribution in [-0.2, 0) is 0 Å². The van der Waals surface area contributed by atoms with Crippen LogP contribution >= 0.6 is 0 Å². The van der Waals surface area contributed by atoms with Gasteiger partial charge in [0, 0.05) is 18.8 Å². The molecule has 0 radical (unpaired) electrons. The normalized spacial score (nSPS) is 19.9. The minimum absolute atomic E-state index is 0.816. The Morgan fingerprint density at radius 3 is 2.82 bits per heavy atom. The lowest BCUT2D eigenvalue weighted by Crippen LogP contribution is -2.26. The largest absolute Gasteiger partial charge is 0.371 e. The average molecular weight is 232 g/mol. The molecule has 2 nitrogen and oxygen atoms in total. The molecule has 1 heterocycles. The lowest BCUT2D eigenvalue weighted by Gasteiger charge is -2.20. The summed E-state index contributed by atoms with van der Waals surface area (Å²) in [6.07, 6.45) is 1.32. The van der Waals surface area contributed by atoms with Crippen molar-refractivity contribution < 1.29 is 0 Å². The van der Waals surface area contributed by atoms with E-state index in [1.54, 1.807) is 0 Å². The van der Waals surface area contributed by atoms with Crippen molar-refractivity contribution in [2.45, 2.75) is 27.2 Å². The van der Waals surface area contributed by atoms with Crippen LogP contribution in [0.4, 0.5) is 5.69 Å². The first-order valence-corrected chi connectivity index (χ1v) is 6.73. The summed E-state index contributed by atoms with van der Waals surface area (Å²) >= 11 is 0. The van der Waals surface area contributed by atoms with E-state index in [1.165, 1.54) is 36.3 Å². The minimum atomic E-state index is 0.816. The first kappa shape index (κ1) is 12.4. The molecule has 17 heavy (non-hydrogen) atoms. The first-order chi connectivity index (χ1) is 8.20. The summed E-state index contributed by atoms with van der Waals surface area (Å²) in [6.45, 7) is 11.2. The minimum Gasteiger partial charge on any atom is -0.371 e. The summed E-state index contributed by atoms with van der Waals surface area (Å²) in [5, 5.41) is 3.46. The van der Waals surface area contributed by atoms with Crippen LogP contribution in [0.2, 0.25) is 0 Å². The highest BCUT2D eigenvalue weighted by Gasteiger charge is 2.22. The van der Waals surface area contributed by atoms with Crippen molar-refractivity contribution in [3.05, 3.63) is 29.3 Å². The molecule has 2 rings (SSSR count). The van der Waals surface area contributed by atoms with E-state index in [0.717, 1.165) is 19.0 Å². The van der Waals surface area contributed by atoms with Gasteiger partial charge >= 0.3 is 0 Å². The van der Waals surface area contributed by atoms with Crippen molar-refractivity contribution in [1.82, 2.24) is 5.32 Å². The van der Waals surface area contributed by atoms with Gasteiger partial charge in [0.25, 0.3) is 0 Å². The second-order valence-corrected chi connectivity index (χ2v) is 5.18. The van der Waals surface area contributed by atoms with Gasteiger partial charge in [-0.15, -0.1) is 0 Å². The second kappa shape index (κ2) is 5.54. The zero-order valence-electron chi connectivity index (χ0n) is 11.3. The van der Waals surface area contributed by atoms with Crippen molar-refractivity contribution in [1.29, 1.82) is 0 Å². The highest BCUT2D eigenvalue weighted by atomic mass is 15.2. The number of hydrogen-bond donors (Lipinski definition) is 1. The van der Waals surface area contributed by atoms with Crippen molar-refractivity contribution in [2.75, 3.05) is 31.1 Å². The van der Waals surface area contributed by atoms with Crippen LogP contribution in [0, 0.1) is 19.8 Å². The van der Waals surface area contributed by atoms with Crippen LogP contribution in [0.3, 0.4) is 0 Å². The molecule has 1 unspecified atom stereocenters. The fourth-order valence-electron chi connectivity index (χ4n) is 2.50. The monoisotopic (exact) mass is 232 g/mol. The molecule has 1 aliphatic rings. The van der Waals surface area contributed by atoms with Gasteiger partial charge in [-0.1, -0.05) is 13.0 Å². The molecule has 0 amide bonds. The lowest BCUT2D eigenvalue weighted by atomic mass is 10.1. The highest BCUT2D eigenvalue weighted by molar-refractivity contribution is 5.51. The third-order valence-electron chi connectivity index (χ3n) is 3.82. The van der Waals surface area contributed by atoms with Gasteiger partial charge in [-0.2, -0.15) is 0 Å². The Hall–Kier alpha value is -1.02. The van der Waals surface area contributed by atoms with Crippen LogP contribution in [0.15, 0.2) is 18.2 Å². The van der Waals surface area contributed by atoms with Crippen LogP contribution < -0.4 is 10.2 Å². The van der Waals surface area contributed by atoms with E-state index < -0.39 is 0 Å². The summed E-state index contributed by atoms with van der Waals surface area (Å²) < 4.78 is 0. The van der Waals surface area contributed by atoms with Crippen molar-refractivity contribution >= 4 is 5.69 Å². The quantitative estimate of drug-likeness (QED) is 0.858. The van der Waals surface area contributed by atoms with Crippen molar-refractivity contribution in [3.8, 4) is 0 Å². The Bertz CT molecular complexity index is 373. The maximum atomic E-state index is 3.46. The Morgan fingerprint density at radius 2 is 2.12 bits per heavy atom. The zero-order chi connectivity index (χ0) is 12.3. The van der Waals surface area contributed by atoms with E-state index in [-0.39, 0.29) is 0 Å². The molecule has 0 spiro atoms. The number of anilines is 1. The summed E-state index contributed by atoms with van der Waals surface area (Å²) in [6, 6.07) is 6.82. The van der Waals surface area contributed by atoms with E-state index in [2.05, 4.69) is 49.2 Å². The molecule has 1 saturated heterocycles. The highest BCUT2D eigenvalue weighted by Crippen LogP contribution is 2.25. The number of hydrogen-bond acceptors (Lipinski definition) is 2. The van der Waals surface area contributed by atoms with E-state index >= 15 is 0 Å². The van der Waals surface area contributed by atoms with E-state index in [1.807, 2.05) is 0 Å². The number of nitrogens with zero attached hydrogens (tertiary/aromatic N) is 1. The van der Waals surface area contributed by atoms with E-state index in [0.29, 0.717) is 0 Å². The Kier molecular flexibility index (Phi) is 4.06. The molecular formula is C15H24N2.